The van der Waals surface area contributed by atoms with Crippen LogP contribution in [0, 0.1) is 0 Å². The molecule has 1 unspecified atom stereocenters. The predicted molar refractivity (Wildman–Crippen MR) is 60.9 cm³/mol. The first-order chi connectivity index (χ1) is 7.52. The minimum Gasteiger partial charge on any atom is -0.504 e. The molecule has 0 amide bonds. The number of para-hydroxylation sites is 1. The monoisotopic (exact) mass is 247 g/mol. The molecular weight excluding hydrogens is 234 g/mol. The van der Waals surface area contributed by atoms with E-state index >= 15 is 0 Å². The van der Waals surface area contributed by atoms with Crippen LogP contribution in [-0.2, 0) is 11.2 Å². The van der Waals surface area contributed by atoms with Gasteiger partial charge in [0.15, 0.2) is 11.5 Å². The van der Waals surface area contributed by atoms with Gasteiger partial charge in [-0.3, -0.25) is 4.79 Å². The van der Waals surface area contributed by atoms with Crippen molar-refractivity contribution >= 4 is 17.6 Å². The number of carbonyl (C=O) groups is 1. The minimum atomic E-state index is -1.15. The molecule has 90 valence electrons. The van der Waals surface area contributed by atoms with Crippen LogP contribution in [0.2, 0.25) is 0 Å². The standard InChI is InChI=1S/C9H11NO4.CH3Cl/c10-6(9(13)14)4-5-2-1-3-7(11)8(5)12;1-2/h1-3,6,11-12H,4,10H2,(H,13,14);1H3. The maximum atomic E-state index is 10.4. The van der Waals surface area contributed by atoms with E-state index in [-0.39, 0.29) is 17.9 Å². The Labute approximate surface area is 98.1 Å². The average molecular weight is 248 g/mol. The zero-order valence-electron chi connectivity index (χ0n) is 8.72. The number of rotatable bonds is 3. The first kappa shape index (κ1) is 14.5. The topological polar surface area (TPSA) is 104 Å². The van der Waals surface area contributed by atoms with Crippen molar-refractivity contribution in [1.82, 2.24) is 0 Å². The van der Waals surface area contributed by atoms with Crippen molar-refractivity contribution in [3.05, 3.63) is 23.8 Å². The summed E-state index contributed by atoms with van der Waals surface area (Å²) in [6.07, 6.45) is 1.45. The molecule has 1 atom stereocenters. The number of hydrogen-bond donors (Lipinski definition) is 4. The van der Waals surface area contributed by atoms with Gasteiger partial charge in [0.05, 0.1) is 0 Å². The lowest BCUT2D eigenvalue weighted by atomic mass is 10.1. The number of benzene rings is 1. The van der Waals surface area contributed by atoms with Gasteiger partial charge in [0.25, 0.3) is 0 Å². The number of aliphatic carboxylic acids is 1. The molecule has 5 N–H and O–H groups in total. The highest BCUT2D eigenvalue weighted by molar-refractivity contribution is 6.15. The van der Waals surface area contributed by atoms with Gasteiger partial charge in [-0.05, 0) is 11.6 Å². The second-order valence-electron chi connectivity index (χ2n) is 2.93. The molecule has 0 bridgehead atoms. The van der Waals surface area contributed by atoms with Crippen LogP contribution in [0.4, 0.5) is 0 Å². The summed E-state index contributed by atoms with van der Waals surface area (Å²) < 4.78 is 0. The third-order valence-electron chi connectivity index (χ3n) is 1.86. The van der Waals surface area contributed by atoms with Gasteiger partial charge in [-0.1, -0.05) is 12.1 Å². The molecule has 1 rings (SSSR count). The molecule has 5 nitrogen and oxygen atoms in total. The summed E-state index contributed by atoms with van der Waals surface area (Å²) >= 11 is 4.64. The van der Waals surface area contributed by atoms with Gasteiger partial charge < -0.3 is 21.1 Å². The first-order valence-electron chi connectivity index (χ1n) is 4.38. The van der Waals surface area contributed by atoms with Crippen molar-refractivity contribution in [2.75, 3.05) is 6.38 Å². The quantitative estimate of drug-likeness (QED) is 0.469. The van der Waals surface area contributed by atoms with Crippen LogP contribution in [0.15, 0.2) is 18.2 Å². The molecule has 0 heterocycles. The number of nitrogens with two attached hydrogens (primary N) is 1. The van der Waals surface area contributed by atoms with Crippen LogP contribution in [0.5, 0.6) is 11.5 Å². The lowest BCUT2D eigenvalue weighted by molar-refractivity contribution is -0.138. The average Bonchev–Trinajstić information content (AvgIpc) is 2.27. The number of halogens is 1. The van der Waals surface area contributed by atoms with E-state index in [1.807, 2.05) is 0 Å². The van der Waals surface area contributed by atoms with Gasteiger partial charge >= 0.3 is 5.97 Å². The van der Waals surface area contributed by atoms with E-state index in [0.717, 1.165) is 0 Å². The van der Waals surface area contributed by atoms with Crippen molar-refractivity contribution in [3.63, 3.8) is 0 Å². The Balaban J connectivity index is 0.00000106. The van der Waals surface area contributed by atoms with Gasteiger partial charge in [0.2, 0.25) is 0 Å². The van der Waals surface area contributed by atoms with E-state index in [2.05, 4.69) is 11.6 Å². The van der Waals surface area contributed by atoms with Crippen molar-refractivity contribution in [1.29, 1.82) is 0 Å². The third kappa shape index (κ3) is 3.96. The minimum absolute atomic E-state index is 0.0183. The maximum Gasteiger partial charge on any atom is 0.320 e. The molecule has 0 saturated heterocycles. The lowest BCUT2D eigenvalue weighted by Gasteiger charge is -2.08. The Morgan fingerprint density at radius 2 is 2.00 bits per heavy atom. The number of carboxylic acid groups (broad SMARTS) is 1. The fraction of sp³-hybridized carbons (Fsp3) is 0.300. The van der Waals surface area contributed by atoms with Crippen molar-refractivity contribution in [2.24, 2.45) is 5.73 Å². The molecule has 0 radical (unpaired) electrons. The van der Waals surface area contributed by atoms with Gasteiger partial charge in [0, 0.05) is 12.8 Å². The smallest absolute Gasteiger partial charge is 0.320 e. The molecule has 16 heavy (non-hydrogen) atoms. The summed E-state index contributed by atoms with van der Waals surface area (Å²) in [7, 11) is 0. The van der Waals surface area contributed by atoms with Crippen LogP contribution < -0.4 is 5.73 Å². The summed E-state index contributed by atoms with van der Waals surface area (Å²) in [6.45, 7) is 0. The second-order valence-corrected chi connectivity index (χ2v) is 2.93. The Morgan fingerprint density at radius 1 is 1.44 bits per heavy atom. The van der Waals surface area contributed by atoms with E-state index in [4.69, 9.17) is 15.9 Å². The summed E-state index contributed by atoms with van der Waals surface area (Å²) in [6, 6.07) is 3.25. The fourth-order valence-corrected chi connectivity index (χ4v) is 1.07. The highest BCUT2D eigenvalue weighted by Crippen LogP contribution is 2.28. The molecule has 0 aromatic heterocycles. The summed E-state index contributed by atoms with van der Waals surface area (Å²) in [5, 5.41) is 27.0. The highest BCUT2D eigenvalue weighted by Gasteiger charge is 2.15. The van der Waals surface area contributed by atoms with E-state index in [1.165, 1.54) is 24.6 Å². The Morgan fingerprint density at radius 3 is 2.50 bits per heavy atom. The molecule has 0 aliphatic heterocycles. The number of phenols is 2. The van der Waals surface area contributed by atoms with Crippen LogP contribution in [0.1, 0.15) is 5.56 Å². The highest BCUT2D eigenvalue weighted by atomic mass is 35.5. The van der Waals surface area contributed by atoms with Gasteiger partial charge in [-0.2, -0.15) is 0 Å². The van der Waals surface area contributed by atoms with Gasteiger partial charge in [-0.25, -0.2) is 0 Å². The van der Waals surface area contributed by atoms with Crippen molar-refractivity contribution < 1.29 is 20.1 Å². The van der Waals surface area contributed by atoms with E-state index in [1.54, 1.807) is 0 Å². The number of hydrogen-bond acceptors (Lipinski definition) is 4. The zero-order valence-corrected chi connectivity index (χ0v) is 9.48. The predicted octanol–water partition coefficient (Wildman–Crippen LogP) is 0.907. The number of alkyl halides is 1. The summed E-state index contributed by atoms with van der Waals surface area (Å²) in [4.78, 5) is 10.4. The summed E-state index contributed by atoms with van der Waals surface area (Å²) in [5.41, 5.74) is 5.59. The molecular formula is C10H14ClNO4. The van der Waals surface area contributed by atoms with Crippen LogP contribution in [0.25, 0.3) is 0 Å². The second kappa shape index (κ2) is 6.92. The molecule has 0 aliphatic carbocycles. The Bertz CT molecular complexity index is 357. The summed E-state index contributed by atoms with van der Waals surface area (Å²) in [5.74, 6) is -1.74. The van der Waals surface area contributed by atoms with E-state index in [0.29, 0.717) is 5.56 Å². The molecule has 0 spiro atoms. The number of phenolic OH excluding ortho intramolecular Hbond substituents is 2. The molecule has 0 aliphatic rings. The van der Waals surface area contributed by atoms with Crippen LogP contribution >= 0.6 is 11.6 Å². The zero-order chi connectivity index (χ0) is 12.7. The molecule has 1 aromatic carbocycles. The van der Waals surface area contributed by atoms with Crippen LogP contribution in [0.3, 0.4) is 0 Å². The number of aromatic hydroxyl groups is 2. The number of carboxylic acids is 1. The van der Waals surface area contributed by atoms with E-state index in [9.17, 15) is 9.90 Å². The van der Waals surface area contributed by atoms with Gasteiger partial charge in [0.1, 0.15) is 6.04 Å². The molecule has 0 fully saturated rings. The molecule has 6 heteroatoms. The fourth-order valence-electron chi connectivity index (χ4n) is 1.07. The third-order valence-corrected chi connectivity index (χ3v) is 1.86. The van der Waals surface area contributed by atoms with E-state index < -0.39 is 12.0 Å². The first-order valence-corrected chi connectivity index (χ1v) is 5.14. The van der Waals surface area contributed by atoms with Gasteiger partial charge in [-0.15, -0.1) is 11.6 Å². The lowest BCUT2D eigenvalue weighted by Crippen LogP contribution is -2.32. The Hall–Kier alpha value is -1.46. The SMILES string of the molecule is CCl.NC(Cc1cccc(O)c1O)C(=O)O. The van der Waals surface area contributed by atoms with Crippen LogP contribution in [-0.4, -0.2) is 33.7 Å². The molecule has 1 aromatic rings. The Kier molecular flexibility index (Phi) is 6.29. The largest absolute Gasteiger partial charge is 0.504 e. The molecule has 0 saturated carbocycles. The normalized spacial score (nSPS) is 11.2. The van der Waals surface area contributed by atoms with Crippen molar-refractivity contribution in [3.8, 4) is 11.5 Å². The van der Waals surface area contributed by atoms with Crippen molar-refractivity contribution in [2.45, 2.75) is 12.5 Å². The maximum absolute atomic E-state index is 10.4.